The molecule has 0 spiro atoms. The van der Waals surface area contributed by atoms with Crippen LogP contribution in [0.5, 0.6) is 0 Å². The third-order valence-electron chi connectivity index (χ3n) is 0.696. The Hall–Kier alpha value is -0.850. The van der Waals surface area contributed by atoms with E-state index in [0.29, 0.717) is 5.57 Å². The molecule has 0 N–H and O–H groups in total. The molecule has 0 bridgehead atoms. The molecular weight excluding hydrogens is 100 g/mol. The lowest BCUT2D eigenvalue weighted by Gasteiger charge is -1.84. The van der Waals surface area contributed by atoms with Crippen molar-refractivity contribution in [3.8, 4) is 0 Å². The van der Waals surface area contributed by atoms with Gasteiger partial charge in [-0.2, -0.15) is 0 Å². The minimum atomic E-state index is -0.0486. The zero-order valence-electron chi connectivity index (χ0n) is 5.19. The van der Waals surface area contributed by atoms with Crippen LogP contribution < -0.4 is 0 Å². The number of allylic oxidation sites excluding steroid dienone is 3. The predicted octanol–water partition coefficient (Wildman–Crippen LogP) is 1.51. The van der Waals surface area contributed by atoms with Crippen molar-refractivity contribution in [1.29, 1.82) is 0 Å². The van der Waals surface area contributed by atoms with Crippen molar-refractivity contribution >= 4 is 5.78 Å². The van der Waals surface area contributed by atoms with Gasteiger partial charge in [0, 0.05) is 0 Å². The third kappa shape index (κ3) is 2.35. The Labute approximate surface area is 49.7 Å². The standard InChI is InChI=1S/C7H9O/c1-4-5-7(8)6(2)3/h5H,2H2,1,3H3. The highest BCUT2D eigenvalue weighted by Gasteiger charge is 1.91. The molecule has 0 aliphatic carbocycles. The lowest BCUT2D eigenvalue weighted by molar-refractivity contribution is -0.111. The average molecular weight is 109 g/mol. The van der Waals surface area contributed by atoms with Crippen LogP contribution in [0.4, 0.5) is 0 Å². The van der Waals surface area contributed by atoms with E-state index in [1.54, 1.807) is 13.8 Å². The molecule has 0 aliphatic heterocycles. The Morgan fingerprint density at radius 2 is 2.25 bits per heavy atom. The van der Waals surface area contributed by atoms with Crippen LogP contribution in [0.15, 0.2) is 18.2 Å². The first-order chi connectivity index (χ1) is 3.68. The molecule has 1 radical (unpaired) electrons. The smallest absolute Gasteiger partial charge is 0.181 e. The van der Waals surface area contributed by atoms with Gasteiger partial charge in [-0.3, -0.25) is 4.79 Å². The molecule has 43 valence electrons. The van der Waals surface area contributed by atoms with Crippen molar-refractivity contribution in [2.45, 2.75) is 13.8 Å². The van der Waals surface area contributed by atoms with Crippen LogP contribution in [0.3, 0.4) is 0 Å². The summed E-state index contributed by atoms with van der Waals surface area (Å²) < 4.78 is 0. The quantitative estimate of drug-likeness (QED) is 0.491. The van der Waals surface area contributed by atoms with Crippen LogP contribution in [0.2, 0.25) is 0 Å². The van der Waals surface area contributed by atoms with Crippen LogP contribution in [0, 0.1) is 6.08 Å². The van der Waals surface area contributed by atoms with Gasteiger partial charge in [0.1, 0.15) is 0 Å². The first kappa shape index (κ1) is 7.15. The van der Waals surface area contributed by atoms with Crippen molar-refractivity contribution in [2.24, 2.45) is 0 Å². The Balaban J connectivity index is 3.85. The van der Waals surface area contributed by atoms with E-state index in [2.05, 4.69) is 12.7 Å². The van der Waals surface area contributed by atoms with Gasteiger partial charge in [0.2, 0.25) is 0 Å². The van der Waals surface area contributed by atoms with Crippen LogP contribution in [-0.2, 0) is 4.79 Å². The second kappa shape index (κ2) is 3.19. The molecular formula is C7H9O. The fraction of sp³-hybridized carbons (Fsp3) is 0.286. The van der Waals surface area contributed by atoms with E-state index in [-0.39, 0.29) is 5.78 Å². The zero-order chi connectivity index (χ0) is 6.57. The molecule has 0 atom stereocenters. The van der Waals surface area contributed by atoms with Crippen molar-refractivity contribution in [1.82, 2.24) is 0 Å². The molecule has 0 amide bonds. The maximum absolute atomic E-state index is 10.5. The Morgan fingerprint density at radius 1 is 1.75 bits per heavy atom. The molecule has 1 heteroatoms. The highest BCUT2D eigenvalue weighted by atomic mass is 16.1. The minimum absolute atomic E-state index is 0.0486. The summed E-state index contributed by atoms with van der Waals surface area (Å²) >= 11 is 0. The predicted molar refractivity (Wildman–Crippen MR) is 33.3 cm³/mol. The summed E-state index contributed by atoms with van der Waals surface area (Å²) in [4.78, 5) is 10.5. The van der Waals surface area contributed by atoms with Crippen molar-refractivity contribution in [3.05, 3.63) is 24.3 Å². The maximum atomic E-state index is 10.5. The minimum Gasteiger partial charge on any atom is -0.290 e. The van der Waals surface area contributed by atoms with Crippen LogP contribution in [-0.4, -0.2) is 5.78 Å². The summed E-state index contributed by atoms with van der Waals surface area (Å²) in [5.41, 5.74) is 0.555. The Bertz CT molecular complexity index is 131. The molecule has 0 fully saturated rings. The van der Waals surface area contributed by atoms with E-state index < -0.39 is 0 Å². The van der Waals surface area contributed by atoms with Gasteiger partial charge in [-0.05, 0) is 31.6 Å². The lowest BCUT2D eigenvalue weighted by Crippen LogP contribution is -1.90. The van der Waals surface area contributed by atoms with Gasteiger partial charge in [0.15, 0.2) is 5.78 Å². The molecule has 8 heavy (non-hydrogen) atoms. The van der Waals surface area contributed by atoms with Crippen LogP contribution >= 0.6 is 0 Å². The molecule has 0 rings (SSSR count). The van der Waals surface area contributed by atoms with E-state index in [1.165, 1.54) is 6.08 Å². The highest BCUT2D eigenvalue weighted by molar-refractivity contribution is 6.02. The Morgan fingerprint density at radius 3 is 2.38 bits per heavy atom. The van der Waals surface area contributed by atoms with E-state index in [0.717, 1.165) is 0 Å². The third-order valence-corrected chi connectivity index (χ3v) is 0.696. The summed E-state index contributed by atoms with van der Waals surface area (Å²) in [6, 6.07) is 0. The summed E-state index contributed by atoms with van der Waals surface area (Å²) in [5.74, 6) is -0.0486. The molecule has 0 aromatic carbocycles. The van der Waals surface area contributed by atoms with Gasteiger partial charge in [0.25, 0.3) is 0 Å². The first-order valence-electron chi connectivity index (χ1n) is 2.39. The van der Waals surface area contributed by atoms with Crippen molar-refractivity contribution in [3.63, 3.8) is 0 Å². The average Bonchev–Trinajstić information content (AvgIpc) is 1.67. The SMILES string of the molecule is C=C(C)C(=O)/C=[C]/C. The van der Waals surface area contributed by atoms with E-state index in [1.807, 2.05) is 0 Å². The molecule has 0 aliphatic rings. The van der Waals surface area contributed by atoms with Crippen molar-refractivity contribution < 1.29 is 4.79 Å². The number of carbonyl (C=O) groups excluding carboxylic acids is 1. The van der Waals surface area contributed by atoms with Crippen LogP contribution in [0.1, 0.15) is 13.8 Å². The molecule has 1 nitrogen and oxygen atoms in total. The largest absolute Gasteiger partial charge is 0.290 e. The molecule has 0 unspecified atom stereocenters. The number of hydrogen-bond donors (Lipinski definition) is 0. The normalized spacial score (nSPS) is 9.75. The zero-order valence-corrected chi connectivity index (χ0v) is 5.19. The highest BCUT2D eigenvalue weighted by Crippen LogP contribution is 1.89. The van der Waals surface area contributed by atoms with Gasteiger partial charge in [-0.25, -0.2) is 0 Å². The summed E-state index contributed by atoms with van der Waals surface area (Å²) in [6.45, 7) is 6.81. The summed E-state index contributed by atoms with van der Waals surface area (Å²) in [6.07, 6.45) is 3.99. The molecule has 0 saturated heterocycles. The Kier molecular flexibility index (Phi) is 2.85. The fourth-order valence-electron chi connectivity index (χ4n) is 0.254. The lowest BCUT2D eigenvalue weighted by atomic mass is 10.2. The van der Waals surface area contributed by atoms with E-state index in [4.69, 9.17) is 0 Å². The van der Waals surface area contributed by atoms with Gasteiger partial charge >= 0.3 is 0 Å². The molecule has 0 saturated carbocycles. The van der Waals surface area contributed by atoms with Gasteiger partial charge < -0.3 is 0 Å². The number of hydrogen-bond acceptors (Lipinski definition) is 1. The maximum Gasteiger partial charge on any atom is 0.181 e. The summed E-state index contributed by atoms with van der Waals surface area (Å²) in [5, 5.41) is 0. The van der Waals surface area contributed by atoms with E-state index >= 15 is 0 Å². The van der Waals surface area contributed by atoms with Crippen LogP contribution in [0.25, 0.3) is 0 Å². The van der Waals surface area contributed by atoms with Gasteiger partial charge in [0.05, 0.1) is 0 Å². The number of rotatable bonds is 2. The first-order valence-corrected chi connectivity index (χ1v) is 2.39. The van der Waals surface area contributed by atoms with Crippen molar-refractivity contribution in [2.75, 3.05) is 0 Å². The number of ketones is 1. The second-order valence-corrected chi connectivity index (χ2v) is 1.58. The number of carbonyl (C=O) groups is 1. The van der Waals surface area contributed by atoms with Gasteiger partial charge in [-0.1, -0.05) is 6.58 Å². The monoisotopic (exact) mass is 109 g/mol. The second-order valence-electron chi connectivity index (χ2n) is 1.58. The summed E-state index contributed by atoms with van der Waals surface area (Å²) in [7, 11) is 0. The molecule has 0 heterocycles. The van der Waals surface area contributed by atoms with E-state index in [9.17, 15) is 4.79 Å². The molecule has 0 aromatic heterocycles. The van der Waals surface area contributed by atoms with Gasteiger partial charge in [-0.15, -0.1) is 0 Å². The fourth-order valence-corrected chi connectivity index (χ4v) is 0.254. The molecule has 0 aromatic rings. The topological polar surface area (TPSA) is 17.1 Å².